The van der Waals surface area contributed by atoms with Crippen molar-refractivity contribution in [3.8, 4) is 0 Å². The SMILES string of the molecule is Cn1ccc2ccc(C(=O)OBr)cc21. The monoisotopic (exact) mass is 253 g/mol. The van der Waals surface area contributed by atoms with Gasteiger partial charge in [-0.05, 0) is 23.6 Å². The average Bonchev–Trinajstić information content (AvgIpc) is 2.59. The first kappa shape index (κ1) is 9.27. The number of hydrogen-bond donors (Lipinski definition) is 0. The van der Waals surface area contributed by atoms with Crippen molar-refractivity contribution in [1.82, 2.24) is 4.57 Å². The first-order valence-electron chi connectivity index (χ1n) is 4.10. The van der Waals surface area contributed by atoms with Crippen LogP contribution in [0.5, 0.6) is 0 Å². The summed E-state index contributed by atoms with van der Waals surface area (Å²) in [5, 5.41) is 1.11. The number of carbonyl (C=O) groups excluding carboxylic acids is 1. The molecule has 2 rings (SSSR count). The van der Waals surface area contributed by atoms with Gasteiger partial charge in [0.1, 0.15) is 0 Å². The zero-order chi connectivity index (χ0) is 10.1. The number of fused-ring (bicyclic) bond motifs is 1. The molecule has 72 valence electrons. The van der Waals surface area contributed by atoms with Crippen LogP contribution < -0.4 is 0 Å². The number of rotatable bonds is 1. The summed E-state index contributed by atoms with van der Waals surface area (Å²) >= 11 is 2.67. The van der Waals surface area contributed by atoms with Gasteiger partial charge in [-0.1, -0.05) is 6.07 Å². The lowest BCUT2D eigenvalue weighted by atomic mass is 10.2. The van der Waals surface area contributed by atoms with Crippen LogP contribution in [0.15, 0.2) is 30.5 Å². The van der Waals surface area contributed by atoms with Crippen molar-refractivity contribution in [2.75, 3.05) is 0 Å². The molecule has 1 aromatic carbocycles. The molecule has 0 radical (unpaired) electrons. The smallest absolute Gasteiger partial charge is 0.349 e. The zero-order valence-electron chi connectivity index (χ0n) is 7.53. The van der Waals surface area contributed by atoms with Crippen molar-refractivity contribution in [3.63, 3.8) is 0 Å². The standard InChI is InChI=1S/C10H8BrNO2/c1-12-5-4-7-2-3-8(6-9(7)12)10(13)14-11/h2-6H,1H3. The van der Waals surface area contributed by atoms with Crippen molar-refractivity contribution in [2.45, 2.75) is 0 Å². The van der Waals surface area contributed by atoms with Crippen LogP contribution in [0.2, 0.25) is 0 Å². The molecule has 0 N–H and O–H groups in total. The molecule has 0 spiro atoms. The summed E-state index contributed by atoms with van der Waals surface area (Å²) in [6.07, 6.45) is 1.95. The molecule has 0 bridgehead atoms. The van der Waals surface area contributed by atoms with E-state index in [2.05, 4.69) is 20.1 Å². The van der Waals surface area contributed by atoms with Crippen molar-refractivity contribution in [2.24, 2.45) is 7.05 Å². The summed E-state index contributed by atoms with van der Waals surface area (Å²) in [7, 11) is 1.94. The first-order chi connectivity index (χ1) is 6.72. The summed E-state index contributed by atoms with van der Waals surface area (Å²) in [4.78, 5) is 11.2. The molecule has 14 heavy (non-hydrogen) atoms. The molecular weight excluding hydrogens is 246 g/mol. The molecule has 0 unspecified atom stereocenters. The van der Waals surface area contributed by atoms with Gasteiger partial charge in [0, 0.05) is 18.8 Å². The number of aromatic nitrogens is 1. The van der Waals surface area contributed by atoms with Gasteiger partial charge in [0.15, 0.2) is 16.3 Å². The van der Waals surface area contributed by atoms with Crippen LogP contribution in [-0.4, -0.2) is 10.5 Å². The van der Waals surface area contributed by atoms with Gasteiger partial charge in [0.2, 0.25) is 0 Å². The maximum atomic E-state index is 11.2. The molecule has 0 amide bonds. The van der Waals surface area contributed by atoms with Gasteiger partial charge in [-0.3, -0.25) is 0 Å². The Bertz CT molecular complexity index is 490. The lowest BCUT2D eigenvalue weighted by Crippen LogP contribution is -1.97. The highest BCUT2D eigenvalue weighted by Crippen LogP contribution is 2.17. The van der Waals surface area contributed by atoms with Crippen LogP contribution >= 0.6 is 16.3 Å². The summed E-state index contributed by atoms with van der Waals surface area (Å²) in [5.41, 5.74) is 1.55. The molecule has 4 heteroatoms. The molecule has 1 heterocycles. The van der Waals surface area contributed by atoms with E-state index < -0.39 is 0 Å². The van der Waals surface area contributed by atoms with Crippen molar-refractivity contribution in [1.29, 1.82) is 0 Å². The number of benzene rings is 1. The normalized spacial score (nSPS) is 10.4. The number of nitrogens with zero attached hydrogens (tertiary/aromatic N) is 1. The summed E-state index contributed by atoms with van der Waals surface area (Å²) < 4.78 is 6.42. The Hall–Kier alpha value is -1.29. The van der Waals surface area contributed by atoms with Crippen LogP contribution in [0, 0.1) is 0 Å². The average molecular weight is 254 g/mol. The van der Waals surface area contributed by atoms with Gasteiger partial charge >= 0.3 is 5.97 Å². The third kappa shape index (κ3) is 1.42. The Morgan fingerprint density at radius 3 is 2.93 bits per heavy atom. The van der Waals surface area contributed by atoms with Gasteiger partial charge in [0.25, 0.3) is 0 Å². The van der Waals surface area contributed by atoms with E-state index in [0.29, 0.717) is 5.56 Å². The number of halogens is 1. The molecule has 0 aliphatic rings. The van der Waals surface area contributed by atoms with Gasteiger partial charge in [-0.25, -0.2) is 4.79 Å². The van der Waals surface area contributed by atoms with E-state index in [0.717, 1.165) is 10.9 Å². The minimum absolute atomic E-state index is 0.381. The highest BCUT2D eigenvalue weighted by molar-refractivity contribution is 9.06. The van der Waals surface area contributed by atoms with E-state index in [-0.39, 0.29) is 5.97 Å². The van der Waals surface area contributed by atoms with Crippen LogP contribution in [0.3, 0.4) is 0 Å². The Morgan fingerprint density at radius 1 is 1.43 bits per heavy atom. The Labute approximate surface area is 89.7 Å². The quantitative estimate of drug-likeness (QED) is 0.783. The Balaban J connectivity index is 2.60. The lowest BCUT2D eigenvalue weighted by Gasteiger charge is -1.99. The molecule has 0 saturated carbocycles. The highest BCUT2D eigenvalue weighted by atomic mass is 79.9. The molecular formula is C10H8BrNO2. The van der Waals surface area contributed by atoms with E-state index in [4.69, 9.17) is 0 Å². The Morgan fingerprint density at radius 2 is 2.21 bits per heavy atom. The predicted octanol–water partition coefficient (Wildman–Crippen LogP) is 2.65. The van der Waals surface area contributed by atoms with Crippen LogP contribution in [0.1, 0.15) is 10.4 Å². The second-order valence-corrected chi connectivity index (χ2v) is 3.39. The van der Waals surface area contributed by atoms with Gasteiger partial charge < -0.3 is 8.40 Å². The largest absolute Gasteiger partial charge is 0.380 e. The van der Waals surface area contributed by atoms with E-state index in [1.54, 1.807) is 12.1 Å². The van der Waals surface area contributed by atoms with Crippen LogP contribution in [-0.2, 0) is 10.9 Å². The predicted molar refractivity (Wildman–Crippen MR) is 57.3 cm³/mol. The first-order valence-corrected chi connectivity index (χ1v) is 4.75. The summed E-state index contributed by atoms with van der Waals surface area (Å²) in [6, 6.07) is 7.44. The second kappa shape index (κ2) is 3.46. The molecule has 0 atom stereocenters. The molecule has 0 saturated heterocycles. The molecule has 2 aromatic rings. The third-order valence-electron chi connectivity index (χ3n) is 2.19. The minimum Gasteiger partial charge on any atom is -0.380 e. The Kier molecular flexibility index (Phi) is 2.29. The van der Waals surface area contributed by atoms with E-state index in [9.17, 15) is 4.79 Å². The van der Waals surface area contributed by atoms with E-state index in [1.165, 1.54) is 0 Å². The second-order valence-electron chi connectivity index (χ2n) is 3.06. The third-order valence-corrected chi connectivity index (χ3v) is 2.49. The fourth-order valence-corrected chi connectivity index (χ4v) is 1.62. The fourth-order valence-electron chi connectivity index (χ4n) is 1.43. The molecule has 3 nitrogen and oxygen atoms in total. The van der Waals surface area contributed by atoms with Gasteiger partial charge in [0.05, 0.1) is 5.56 Å². The zero-order valence-corrected chi connectivity index (χ0v) is 9.11. The number of hydrogen-bond acceptors (Lipinski definition) is 2. The molecule has 0 fully saturated rings. The minimum atomic E-state index is -0.381. The molecule has 0 aliphatic carbocycles. The highest BCUT2D eigenvalue weighted by Gasteiger charge is 2.07. The van der Waals surface area contributed by atoms with Crippen molar-refractivity contribution in [3.05, 3.63) is 36.0 Å². The number of aryl methyl sites for hydroxylation is 1. The van der Waals surface area contributed by atoms with Crippen molar-refractivity contribution >= 4 is 33.1 Å². The van der Waals surface area contributed by atoms with Crippen molar-refractivity contribution < 1.29 is 8.62 Å². The maximum absolute atomic E-state index is 11.2. The topological polar surface area (TPSA) is 31.2 Å². The number of carbonyl (C=O) groups is 1. The van der Waals surface area contributed by atoms with E-state index >= 15 is 0 Å². The summed E-state index contributed by atoms with van der Waals surface area (Å²) in [6.45, 7) is 0. The van der Waals surface area contributed by atoms with E-state index in [1.807, 2.05) is 29.9 Å². The van der Waals surface area contributed by atoms with Crippen LogP contribution in [0.25, 0.3) is 10.9 Å². The molecule has 0 aliphatic heterocycles. The summed E-state index contributed by atoms with van der Waals surface area (Å²) in [5.74, 6) is -0.381. The van der Waals surface area contributed by atoms with Crippen LogP contribution in [0.4, 0.5) is 0 Å². The fraction of sp³-hybridized carbons (Fsp3) is 0.100. The van der Waals surface area contributed by atoms with Gasteiger partial charge in [-0.2, -0.15) is 0 Å². The van der Waals surface area contributed by atoms with Gasteiger partial charge in [-0.15, -0.1) is 0 Å². The lowest BCUT2D eigenvalue weighted by molar-refractivity contribution is 0.0782. The maximum Gasteiger partial charge on any atom is 0.349 e. The molecule has 1 aromatic heterocycles.